The van der Waals surface area contributed by atoms with E-state index in [1.54, 1.807) is 0 Å². The van der Waals surface area contributed by atoms with Gasteiger partial charge in [-0.3, -0.25) is 4.79 Å². The average Bonchev–Trinajstić information content (AvgIpc) is 2.61. The third kappa shape index (κ3) is 5.84. The van der Waals surface area contributed by atoms with Crippen molar-refractivity contribution in [3.05, 3.63) is 66.0 Å². The summed E-state index contributed by atoms with van der Waals surface area (Å²) in [5.41, 5.74) is 1.07. The van der Waals surface area contributed by atoms with Crippen molar-refractivity contribution in [1.82, 2.24) is 4.72 Å². The first-order valence-corrected chi connectivity index (χ1v) is 10.0. The van der Waals surface area contributed by atoms with Crippen LogP contribution in [-0.2, 0) is 25.3 Å². The molecule has 0 aromatic heterocycles. The van der Waals surface area contributed by atoms with Crippen molar-refractivity contribution in [1.29, 1.82) is 0 Å². The maximum atomic E-state index is 13.0. The fraction of sp³-hybridized carbons (Fsp3) is 0.235. The van der Waals surface area contributed by atoms with Crippen LogP contribution in [0.5, 0.6) is 0 Å². The highest BCUT2D eigenvalue weighted by atomic mass is 32.2. The second-order valence-corrected chi connectivity index (χ2v) is 7.90. The molecule has 1 N–H and O–H groups in total. The lowest BCUT2D eigenvalue weighted by molar-refractivity contribution is -0.141. The molecule has 0 bridgehead atoms. The quantitative estimate of drug-likeness (QED) is 0.710. The van der Waals surface area contributed by atoms with Crippen LogP contribution in [0.1, 0.15) is 5.56 Å². The SMILES string of the molecule is COC(=O)C(CSCc1ccccc1)NS(=O)(=O)c1ccc(F)cc1. The first-order chi connectivity index (χ1) is 11.9. The van der Waals surface area contributed by atoms with E-state index in [2.05, 4.69) is 9.46 Å². The van der Waals surface area contributed by atoms with Gasteiger partial charge in [-0.15, -0.1) is 0 Å². The fourth-order valence-electron chi connectivity index (χ4n) is 2.03. The summed E-state index contributed by atoms with van der Waals surface area (Å²) in [7, 11) is -2.76. The summed E-state index contributed by atoms with van der Waals surface area (Å²) in [4.78, 5) is 11.8. The zero-order valence-corrected chi connectivity index (χ0v) is 15.1. The molecule has 134 valence electrons. The van der Waals surface area contributed by atoms with E-state index >= 15 is 0 Å². The van der Waals surface area contributed by atoms with E-state index in [4.69, 9.17) is 0 Å². The zero-order chi connectivity index (χ0) is 18.3. The number of halogens is 1. The highest BCUT2D eigenvalue weighted by Crippen LogP contribution is 2.16. The lowest BCUT2D eigenvalue weighted by atomic mass is 10.2. The number of esters is 1. The number of ether oxygens (including phenoxy) is 1. The molecule has 0 heterocycles. The Balaban J connectivity index is 2.04. The molecule has 2 rings (SSSR count). The number of thioether (sulfide) groups is 1. The van der Waals surface area contributed by atoms with Crippen molar-refractivity contribution in [2.24, 2.45) is 0 Å². The normalized spacial score (nSPS) is 12.6. The van der Waals surface area contributed by atoms with Gasteiger partial charge in [-0.2, -0.15) is 16.5 Å². The number of rotatable bonds is 8. The number of carbonyl (C=O) groups excluding carboxylic acids is 1. The number of methoxy groups -OCH3 is 1. The van der Waals surface area contributed by atoms with Crippen LogP contribution in [0.25, 0.3) is 0 Å². The van der Waals surface area contributed by atoms with Gasteiger partial charge in [0, 0.05) is 11.5 Å². The number of carbonyl (C=O) groups is 1. The molecule has 8 heteroatoms. The summed E-state index contributed by atoms with van der Waals surface area (Å²) in [5.74, 6) is -0.373. The van der Waals surface area contributed by atoms with Crippen molar-refractivity contribution >= 4 is 27.8 Å². The summed E-state index contributed by atoms with van der Waals surface area (Å²) in [6.07, 6.45) is 0. The van der Waals surface area contributed by atoms with E-state index in [0.29, 0.717) is 5.75 Å². The monoisotopic (exact) mass is 383 g/mol. The first kappa shape index (κ1) is 19.4. The van der Waals surface area contributed by atoms with Crippen molar-refractivity contribution in [3.8, 4) is 0 Å². The molecule has 1 atom stereocenters. The van der Waals surface area contributed by atoms with Crippen molar-refractivity contribution in [2.45, 2.75) is 16.7 Å². The Morgan fingerprint density at radius 1 is 1.16 bits per heavy atom. The molecule has 0 aliphatic heterocycles. The predicted molar refractivity (Wildman–Crippen MR) is 95.1 cm³/mol. The Labute approximate surface area is 150 Å². The molecule has 0 saturated heterocycles. The Morgan fingerprint density at radius 3 is 2.40 bits per heavy atom. The van der Waals surface area contributed by atoms with Gasteiger partial charge >= 0.3 is 5.97 Å². The molecule has 0 aliphatic carbocycles. The summed E-state index contributed by atoms with van der Waals surface area (Å²) in [5, 5.41) is 0. The molecular formula is C17H18FNO4S2. The smallest absolute Gasteiger partial charge is 0.324 e. The Kier molecular flexibility index (Phi) is 6.98. The van der Waals surface area contributed by atoms with Crippen LogP contribution in [0, 0.1) is 5.82 Å². The number of hydrogen-bond donors (Lipinski definition) is 1. The predicted octanol–water partition coefficient (Wildman–Crippen LogP) is 2.58. The summed E-state index contributed by atoms with van der Waals surface area (Å²) in [6, 6.07) is 13.0. The van der Waals surface area contributed by atoms with Gasteiger partial charge in [0.15, 0.2) is 0 Å². The van der Waals surface area contributed by atoms with Crippen LogP contribution in [0.2, 0.25) is 0 Å². The Hall–Kier alpha value is -1.90. The second-order valence-electron chi connectivity index (χ2n) is 5.15. The fourth-order valence-corrected chi connectivity index (χ4v) is 4.32. The van der Waals surface area contributed by atoms with Gasteiger partial charge in [0.05, 0.1) is 12.0 Å². The number of benzene rings is 2. The number of nitrogens with one attached hydrogen (secondary N) is 1. The lowest BCUT2D eigenvalue weighted by Gasteiger charge is -2.16. The zero-order valence-electron chi connectivity index (χ0n) is 13.5. The van der Waals surface area contributed by atoms with Crippen molar-refractivity contribution < 1.29 is 22.3 Å². The highest BCUT2D eigenvalue weighted by Gasteiger charge is 2.26. The van der Waals surface area contributed by atoms with E-state index in [1.165, 1.54) is 18.9 Å². The standard InChI is InChI=1S/C17H18FNO4S2/c1-23-17(20)16(12-24-11-13-5-3-2-4-6-13)19-25(21,22)15-9-7-14(18)8-10-15/h2-10,16,19H,11-12H2,1H3. The molecule has 0 amide bonds. The van der Waals surface area contributed by atoms with Crippen LogP contribution in [0.15, 0.2) is 59.5 Å². The minimum atomic E-state index is -3.96. The van der Waals surface area contributed by atoms with Crippen LogP contribution in [0.4, 0.5) is 4.39 Å². The minimum absolute atomic E-state index is 0.115. The number of sulfonamides is 1. The van der Waals surface area contributed by atoms with Gasteiger partial charge in [-0.1, -0.05) is 30.3 Å². The lowest BCUT2D eigenvalue weighted by Crippen LogP contribution is -2.43. The van der Waals surface area contributed by atoms with Gasteiger partial charge in [-0.05, 0) is 29.8 Å². The van der Waals surface area contributed by atoms with Crippen LogP contribution < -0.4 is 4.72 Å². The van der Waals surface area contributed by atoms with Crippen molar-refractivity contribution in [2.75, 3.05) is 12.9 Å². The van der Waals surface area contributed by atoms with E-state index < -0.39 is 27.9 Å². The first-order valence-electron chi connectivity index (χ1n) is 7.40. The molecular weight excluding hydrogens is 365 g/mol. The Morgan fingerprint density at radius 2 is 1.80 bits per heavy atom. The van der Waals surface area contributed by atoms with Gasteiger partial charge < -0.3 is 4.74 Å². The highest BCUT2D eigenvalue weighted by molar-refractivity contribution is 7.98. The van der Waals surface area contributed by atoms with E-state index in [0.717, 1.165) is 29.8 Å². The number of hydrogen-bond acceptors (Lipinski definition) is 5. The second kappa shape index (κ2) is 8.98. The Bertz CT molecular complexity index is 795. The molecule has 0 aliphatic rings. The van der Waals surface area contributed by atoms with Gasteiger partial charge in [-0.25, -0.2) is 12.8 Å². The molecule has 2 aromatic rings. The molecule has 5 nitrogen and oxygen atoms in total. The van der Waals surface area contributed by atoms with E-state index in [-0.39, 0.29) is 10.6 Å². The molecule has 0 spiro atoms. The summed E-state index contributed by atoms with van der Waals surface area (Å²) >= 11 is 1.41. The van der Waals surface area contributed by atoms with Crippen LogP contribution >= 0.6 is 11.8 Å². The topological polar surface area (TPSA) is 72.5 Å². The molecule has 2 aromatic carbocycles. The minimum Gasteiger partial charge on any atom is -0.468 e. The maximum absolute atomic E-state index is 13.0. The summed E-state index contributed by atoms with van der Waals surface area (Å²) < 4.78 is 44.7. The molecule has 25 heavy (non-hydrogen) atoms. The third-order valence-corrected chi connectivity index (χ3v) is 5.90. The molecule has 0 fully saturated rings. The average molecular weight is 383 g/mol. The largest absolute Gasteiger partial charge is 0.468 e. The van der Waals surface area contributed by atoms with Gasteiger partial charge in [0.25, 0.3) is 0 Å². The maximum Gasteiger partial charge on any atom is 0.324 e. The van der Waals surface area contributed by atoms with Crippen LogP contribution in [-0.4, -0.2) is 33.3 Å². The van der Waals surface area contributed by atoms with E-state index in [1.807, 2.05) is 30.3 Å². The third-order valence-electron chi connectivity index (χ3n) is 3.30. The molecule has 0 saturated carbocycles. The van der Waals surface area contributed by atoms with E-state index in [9.17, 15) is 17.6 Å². The van der Waals surface area contributed by atoms with Crippen molar-refractivity contribution in [3.63, 3.8) is 0 Å². The van der Waals surface area contributed by atoms with Crippen LogP contribution in [0.3, 0.4) is 0 Å². The van der Waals surface area contributed by atoms with Gasteiger partial charge in [0.2, 0.25) is 10.0 Å². The van der Waals surface area contributed by atoms with Gasteiger partial charge in [0.1, 0.15) is 11.9 Å². The summed E-state index contributed by atoms with van der Waals surface area (Å²) in [6.45, 7) is 0. The molecule has 1 unspecified atom stereocenters. The molecule has 0 radical (unpaired) electrons.